The van der Waals surface area contributed by atoms with Gasteiger partial charge in [0.2, 0.25) is 5.91 Å². The first kappa shape index (κ1) is 14.3. The van der Waals surface area contributed by atoms with Crippen LogP contribution < -0.4 is 5.32 Å². The predicted octanol–water partition coefficient (Wildman–Crippen LogP) is 2.58. The lowest BCUT2D eigenvalue weighted by Crippen LogP contribution is -2.30. The Hall–Kier alpha value is -1.13. The Bertz CT molecular complexity index is 447. The van der Waals surface area contributed by atoms with Crippen LogP contribution in [0.3, 0.4) is 0 Å². The molecule has 1 amide bonds. The highest BCUT2D eigenvalue weighted by molar-refractivity contribution is 6.31. The molecule has 19 heavy (non-hydrogen) atoms. The van der Waals surface area contributed by atoms with Gasteiger partial charge in [-0.1, -0.05) is 23.7 Å². The summed E-state index contributed by atoms with van der Waals surface area (Å²) in [4.78, 5) is 13.7. The lowest BCUT2D eigenvalue weighted by molar-refractivity contribution is -0.130. The van der Waals surface area contributed by atoms with E-state index in [4.69, 9.17) is 11.6 Å². The minimum absolute atomic E-state index is 0.154. The van der Waals surface area contributed by atoms with Gasteiger partial charge < -0.3 is 10.2 Å². The number of nitrogens with one attached hydrogen (secondary N) is 1. The highest BCUT2D eigenvalue weighted by atomic mass is 35.5. The second kappa shape index (κ2) is 6.87. The lowest BCUT2D eigenvalue weighted by Gasteiger charge is -2.15. The summed E-state index contributed by atoms with van der Waals surface area (Å²) in [6.07, 6.45) is 2.70. The van der Waals surface area contributed by atoms with Crippen LogP contribution in [-0.2, 0) is 11.3 Å². The van der Waals surface area contributed by atoms with Crippen LogP contribution in [0.25, 0.3) is 0 Å². The van der Waals surface area contributed by atoms with E-state index >= 15 is 0 Å². The maximum absolute atomic E-state index is 13.2. The minimum Gasteiger partial charge on any atom is -0.343 e. The molecular formula is C14H18ClFN2O. The molecule has 0 bridgehead atoms. The zero-order valence-electron chi connectivity index (χ0n) is 10.8. The number of rotatable bonds is 5. The van der Waals surface area contributed by atoms with E-state index in [2.05, 4.69) is 5.32 Å². The van der Waals surface area contributed by atoms with E-state index in [0.29, 0.717) is 19.5 Å². The first-order chi connectivity index (χ1) is 9.18. The molecule has 0 aliphatic carbocycles. The summed E-state index contributed by atoms with van der Waals surface area (Å²) in [5.74, 6) is -0.218. The van der Waals surface area contributed by atoms with Crippen LogP contribution in [0.15, 0.2) is 18.2 Å². The van der Waals surface area contributed by atoms with E-state index in [-0.39, 0.29) is 10.9 Å². The van der Waals surface area contributed by atoms with E-state index in [0.717, 1.165) is 31.5 Å². The van der Waals surface area contributed by atoms with E-state index in [1.165, 1.54) is 6.07 Å². The van der Waals surface area contributed by atoms with Gasteiger partial charge in [-0.3, -0.25) is 4.79 Å². The van der Waals surface area contributed by atoms with Crippen molar-refractivity contribution in [1.82, 2.24) is 10.2 Å². The van der Waals surface area contributed by atoms with E-state index in [1.807, 2.05) is 4.90 Å². The third kappa shape index (κ3) is 3.91. The first-order valence-corrected chi connectivity index (χ1v) is 6.97. The van der Waals surface area contributed by atoms with Gasteiger partial charge in [0.05, 0.1) is 5.02 Å². The van der Waals surface area contributed by atoms with Gasteiger partial charge in [0.25, 0.3) is 0 Å². The Labute approximate surface area is 117 Å². The molecule has 0 atom stereocenters. The smallest absolute Gasteiger partial charge is 0.223 e. The number of hydrogen-bond donors (Lipinski definition) is 1. The summed E-state index contributed by atoms with van der Waals surface area (Å²) in [7, 11) is 0. The number of hydrogen-bond acceptors (Lipinski definition) is 2. The highest BCUT2D eigenvalue weighted by Gasteiger charge is 2.16. The van der Waals surface area contributed by atoms with Gasteiger partial charge in [-0.25, -0.2) is 4.39 Å². The molecule has 1 aromatic carbocycles. The Morgan fingerprint density at radius 2 is 2.11 bits per heavy atom. The van der Waals surface area contributed by atoms with Crippen molar-refractivity contribution in [3.63, 3.8) is 0 Å². The van der Waals surface area contributed by atoms with E-state index in [9.17, 15) is 9.18 Å². The molecule has 1 aromatic rings. The molecular weight excluding hydrogens is 267 g/mol. The second-order valence-corrected chi connectivity index (χ2v) is 5.11. The average Bonchev–Trinajstić information content (AvgIpc) is 2.93. The van der Waals surface area contributed by atoms with Crippen LogP contribution in [0.5, 0.6) is 0 Å². The van der Waals surface area contributed by atoms with Crippen LogP contribution in [0, 0.1) is 5.82 Å². The standard InChI is InChI=1S/C14H18ClFN2O/c15-14-11(4-3-5-12(14)16)10-17-7-6-13(19)18-8-1-2-9-18/h3-5,17H,1-2,6-10H2. The van der Waals surface area contributed by atoms with Crippen molar-refractivity contribution in [1.29, 1.82) is 0 Å². The van der Waals surface area contributed by atoms with Crippen LogP contribution >= 0.6 is 11.6 Å². The number of carbonyl (C=O) groups is 1. The average molecular weight is 285 g/mol. The van der Waals surface area contributed by atoms with Gasteiger partial charge in [0, 0.05) is 32.6 Å². The summed E-state index contributed by atoms with van der Waals surface area (Å²) in [5, 5.41) is 3.28. The zero-order chi connectivity index (χ0) is 13.7. The number of carbonyl (C=O) groups excluding carboxylic acids is 1. The van der Waals surface area contributed by atoms with E-state index in [1.54, 1.807) is 12.1 Å². The number of halogens is 2. The SMILES string of the molecule is O=C(CCNCc1cccc(F)c1Cl)N1CCCC1. The quantitative estimate of drug-likeness (QED) is 0.843. The van der Waals surface area contributed by atoms with Gasteiger partial charge in [-0.2, -0.15) is 0 Å². The maximum Gasteiger partial charge on any atom is 0.223 e. The normalized spacial score (nSPS) is 14.9. The summed E-state index contributed by atoms with van der Waals surface area (Å²) in [5.41, 5.74) is 0.718. The van der Waals surface area contributed by atoms with E-state index < -0.39 is 5.82 Å². The molecule has 1 fully saturated rings. The summed E-state index contributed by atoms with van der Waals surface area (Å²) < 4.78 is 13.2. The molecule has 1 heterocycles. The van der Waals surface area contributed by atoms with Crippen molar-refractivity contribution in [2.24, 2.45) is 0 Å². The Morgan fingerprint density at radius 1 is 1.37 bits per heavy atom. The molecule has 0 unspecified atom stereocenters. The molecule has 0 aromatic heterocycles. The van der Waals surface area contributed by atoms with Gasteiger partial charge >= 0.3 is 0 Å². The second-order valence-electron chi connectivity index (χ2n) is 4.73. The van der Waals surface area contributed by atoms with Crippen molar-refractivity contribution < 1.29 is 9.18 Å². The Morgan fingerprint density at radius 3 is 2.84 bits per heavy atom. The predicted molar refractivity (Wildman–Crippen MR) is 73.5 cm³/mol. The van der Waals surface area contributed by atoms with Crippen molar-refractivity contribution >= 4 is 17.5 Å². The first-order valence-electron chi connectivity index (χ1n) is 6.60. The Kier molecular flexibility index (Phi) is 5.16. The molecule has 2 rings (SSSR count). The largest absolute Gasteiger partial charge is 0.343 e. The van der Waals surface area contributed by atoms with Crippen LogP contribution in [0.4, 0.5) is 4.39 Å². The topological polar surface area (TPSA) is 32.3 Å². The molecule has 1 aliphatic rings. The molecule has 5 heteroatoms. The molecule has 1 saturated heterocycles. The van der Waals surface area contributed by atoms with Crippen LogP contribution in [0.2, 0.25) is 5.02 Å². The van der Waals surface area contributed by atoms with Gasteiger partial charge in [-0.15, -0.1) is 0 Å². The van der Waals surface area contributed by atoms with Gasteiger partial charge in [0.15, 0.2) is 0 Å². The molecule has 3 nitrogen and oxygen atoms in total. The molecule has 0 spiro atoms. The molecule has 0 radical (unpaired) electrons. The van der Waals surface area contributed by atoms with Crippen molar-refractivity contribution in [2.75, 3.05) is 19.6 Å². The molecule has 1 aliphatic heterocycles. The number of nitrogens with zero attached hydrogens (tertiary/aromatic N) is 1. The molecule has 0 saturated carbocycles. The highest BCUT2D eigenvalue weighted by Crippen LogP contribution is 2.19. The number of likely N-dealkylation sites (tertiary alicyclic amines) is 1. The fourth-order valence-corrected chi connectivity index (χ4v) is 2.42. The van der Waals surface area contributed by atoms with Crippen molar-refractivity contribution in [3.8, 4) is 0 Å². The monoisotopic (exact) mass is 284 g/mol. The third-order valence-corrected chi connectivity index (χ3v) is 3.74. The zero-order valence-corrected chi connectivity index (χ0v) is 11.5. The van der Waals surface area contributed by atoms with Crippen LogP contribution in [0.1, 0.15) is 24.8 Å². The summed E-state index contributed by atoms with van der Waals surface area (Å²) in [6.45, 7) is 2.83. The molecule has 1 N–H and O–H groups in total. The summed E-state index contributed by atoms with van der Waals surface area (Å²) >= 11 is 5.85. The number of amides is 1. The minimum atomic E-state index is -0.408. The maximum atomic E-state index is 13.2. The lowest BCUT2D eigenvalue weighted by atomic mass is 10.2. The van der Waals surface area contributed by atoms with Crippen LogP contribution in [-0.4, -0.2) is 30.4 Å². The van der Waals surface area contributed by atoms with Gasteiger partial charge in [-0.05, 0) is 24.5 Å². The third-order valence-electron chi connectivity index (χ3n) is 3.32. The van der Waals surface area contributed by atoms with Crippen molar-refractivity contribution in [2.45, 2.75) is 25.8 Å². The van der Waals surface area contributed by atoms with Crippen molar-refractivity contribution in [3.05, 3.63) is 34.6 Å². The number of benzene rings is 1. The fraction of sp³-hybridized carbons (Fsp3) is 0.500. The molecule has 104 valence electrons. The Balaban J connectivity index is 1.71. The van der Waals surface area contributed by atoms with Gasteiger partial charge in [0.1, 0.15) is 5.82 Å². The fourth-order valence-electron chi connectivity index (χ4n) is 2.23. The summed E-state index contributed by atoms with van der Waals surface area (Å²) in [6, 6.07) is 4.75.